The molecule has 22 heavy (non-hydrogen) atoms. The number of hydrogen-bond donors (Lipinski definition) is 0. The first kappa shape index (κ1) is 14.8. The van der Waals surface area contributed by atoms with Crippen LogP contribution in [-0.2, 0) is 14.3 Å². The van der Waals surface area contributed by atoms with Crippen LogP contribution in [0.2, 0.25) is 0 Å². The van der Waals surface area contributed by atoms with Crippen LogP contribution in [0, 0.1) is 0 Å². The fourth-order valence-electron chi connectivity index (χ4n) is 2.39. The van der Waals surface area contributed by atoms with Gasteiger partial charge >= 0.3 is 5.97 Å². The van der Waals surface area contributed by atoms with Crippen molar-refractivity contribution in [3.05, 3.63) is 54.6 Å². The fraction of sp³-hybridized carbons (Fsp3) is 0.278. The average molecular weight is 298 g/mol. The van der Waals surface area contributed by atoms with Crippen molar-refractivity contribution in [2.45, 2.75) is 12.5 Å². The third-order valence-corrected chi connectivity index (χ3v) is 3.52. The lowest BCUT2D eigenvalue weighted by Crippen LogP contribution is -2.22. The van der Waals surface area contributed by atoms with Gasteiger partial charge in [-0.05, 0) is 18.1 Å². The summed E-state index contributed by atoms with van der Waals surface area (Å²) in [6.45, 7) is 1.18. The highest BCUT2D eigenvalue weighted by molar-refractivity contribution is 5.78. The number of carbonyl (C=O) groups is 1. The largest absolute Gasteiger partial charge is 0.424 e. The molecule has 1 saturated heterocycles. The molecular weight excluding hydrogens is 280 g/mol. The van der Waals surface area contributed by atoms with Gasteiger partial charge in [-0.2, -0.15) is 0 Å². The summed E-state index contributed by atoms with van der Waals surface area (Å²) in [6, 6.07) is 17.3. The molecule has 1 aliphatic rings. The van der Waals surface area contributed by atoms with E-state index in [0.717, 1.165) is 17.5 Å². The van der Waals surface area contributed by atoms with Crippen LogP contribution >= 0.6 is 0 Å². The maximum absolute atomic E-state index is 12.0. The average Bonchev–Trinajstić information content (AvgIpc) is 3.08. The second-order valence-electron chi connectivity index (χ2n) is 5.13. The number of ether oxygens (including phenoxy) is 3. The summed E-state index contributed by atoms with van der Waals surface area (Å²) in [5.41, 5.74) is 1.90. The van der Waals surface area contributed by atoms with Crippen molar-refractivity contribution in [3.63, 3.8) is 0 Å². The van der Waals surface area contributed by atoms with Gasteiger partial charge in [-0.1, -0.05) is 48.5 Å². The molecule has 1 atom stereocenters. The van der Waals surface area contributed by atoms with E-state index in [0.29, 0.717) is 19.0 Å². The van der Waals surface area contributed by atoms with E-state index in [2.05, 4.69) is 0 Å². The van der Waals surface area contributed by atoms with Crippen molar-refractivity contribution < 1.29 is 19.0 Å². The van der Waals surface area contributed by atoms with Gasteiger partial charge in [0.05, 0.1) is 12.7 Å². The normalized spacial score (nSPS) is 17.4. The lowest BCUT2D eigenvalue weighted by atomic mass is 10.1. The van der Waals surface area contributed by atoms with Crippen LogP contribution in [0.25, 0.3) is 11.1 Å². The molecule has 114 valence electrons. The van der Waals surface area contributed by atoms with Gasteiger partial charge in [-0.15, -0.1) is 0 Å². The molecule has 1 heterocycles. The van der Waals surface area contributed by atoms with Crippen LogP contribution in [0.3, 0.4) is 0 Å². The molecule has 0 N–H and O–H groups in total. The second-order valence-corrected chi connectivity index (χ2v) is 5.13. The van der Waals surface area contributed by atoms with Gasteiger partial charge in [-0.25, -0.2) is 4.79 Å². The highest BCUT2D eigenvalue weighted by Crippen LogP contribution is 2.29. The van der Waals surface area contributed by atoms with E-state index >= 15 is 0 Å². The first-order valence-corrected chi connectivity index (χ1v) is 7.37. The number of carbonyl (C=O) groups excluding carboxylic acids is 1. The van der Waals surface area contributed by atoms with Gasteiger partial charge in [-0.3, -0.25) is 0 Å². The third kappa shape index (κ3) is 3.72. The van der Waals surface area contributed by atoms with E-state index in [1.807, 2.05) is 48.5 Å². The van der Waals surface area contributed by atoms with Gasteiger partial charge in [0.15, 0.2) is 0 Å². The Morgan fingerprint density at radius 1 is 1.09 bits per heavy atom. The fourth-order valence-corrected chi connectivity index (χ4v) is 2.39. The summed E-state index contributed by atoms with van der Waals surface area (Å²) < 4.78 is 16.1. The zero-order chi connectivity index (χ0) is 15.2. The molecule has 0 spiro atoms. The first-order valence-electron chi connectivity index (χ1n) is 7.37. The minimum Gasteiger partial charge on any atom is -0.424 e. The quantitative estimate of drug-likeness (QED) is 0.628. The first-order chi connectivity index (χ1) is 10.8. The van der Waals surface area contributed by atoms with Gasteiger partial charge in [0.25, 0.3) is 0 Å². The Labute approximate surface area is 129 Å². The molecular formula is C18H18O4. The van der Waals surface area contributed by atoms with Crippen LogP contribution in [0.15, 0.2) is 54.6 Å². The summed E-state index contributed by atoms with van der Waals surface area (Å²) in [5.74, 6) is 0.153. The highest BCUT2D eigenvalue weighted by atomic mass is 16.6. The molecule has 4 heteroatoms. The van der Waals surface area contributed by atoms with Crippen molar-refractivity contribution >= 4 is 5.97 Å². The van der Waals surface area contributed by atoms with E-state index in [9.17, 15) is 4.79 Å². The van der Waals surface area contributed by atoms with Gasteiger partial charge in [0.1, 0.15) is 12.4 Å². The Morgan fingerprint density at radius 2 is 1.86 bits per heavy atom. The predicted molar refractivity (Wildman–Crippen MR) is 82.7 cm³/mol. The SMILES string of the molecule is O=C(CO[C@H]1CCOC1)Oc1ccccc1-c1ccccc1. The molecule has 0 amide bonds. The summed E-state index contributed by atoms with van der Waals surface area (Å²) in [7, 11) is 0. The Hall–Kier alpha value is -2.17. The topological polar surface area (TPSA) is 44.8 Å². The summed E-state index contributed by atoms with van der Waals surface area (Å²) >= 11 is 0. The molecule has 0 radical (unpaired) electrons. The number of rotatable bonds is 5. The molecule has 0 saturated carbocycles. The van der Waals surface area contributed by atoms with Crippen LogP contribution in [0.4, 0.5) is 0 Å². The molecule has 0 unspecified atom stereocenters. The van der Waals surface area contributed by atoms with E-state index in [1.54, 1.807) is 6.07 Å². The van der Waals surface area contributed by atoms with Crippen LogP contribution < -0.4 is 4.74 Å². The Kier molecular flexibility index (Phi) is 4.83. The van der Waals surface area contributed by atoms with Crippen LogP contribution in [0.5, 0.6) is 5.75 Å². The summed E-state index contributed by atoms with van der Waals surface area (Å²) in [6.07, 6.45) is 0.824. The van der Waals surface area contributed by atoms with E-state index in [1.165, 1.54) is 0 Å². The minimum atomic E-state index is -0.393. The third-order valence-electron chi connectivity index (χ3n) is 3.52. The van der Waals surface area contributed by atoms with Crippen LogP contribution in [-0.4, -0.2) is 31.9 Å². The van der Waals surface area contributed by atoms with Crippen molar-refractivity contribution in [1.29, 1.82) is 0 Å². The summed E-state index contributed by atoms with van der Waals surface area (Å²) in [5, 5.41) is 0. The van der Waals surface area contributed by atoms with Crippen molar-refractivity contribution in [3.8, 4) is 16.9 Å². The molecule has 0 aliphatic carbocycles. The number of para-hydroxylation sites is 1. The summed E-state index contributed by atoms with van der Waals surface area (Å²) in [4.78, 5) is 12.0. The van der Waals surface area contributed by atoms with Gasteiger partial charge in [0, 0.05) is 12.2 Å². The molecule has 1 fully saturated rings. The Morgan fingerprint density at radius 3 is 2.64 bits per heavy atom. The zero-order valence-corrected chi connectivity index (χ0v) is 12.2. The molecule has 0 bridgehead atoms. The maximum atomic E-state index is 12.0. The van der Waals surface area contributed by atoms with Gasteiger partial charge < -0.3 is 14.2 Å². The molecule has 1 aliphatic heterocycles. The van der Waals surface area contributed by atoms with Crippen molar-refractivity contribution in [2.24, 2.45) is 0 Å². The standard InChI is InChI=1S/C18H18O4/c19-18(13-21-15-10-11-20-12-15)22-17-9-5-4-8-16(17)14-6-2-1-3-7-14/h1-9,15H,10-13H2/t15-/m0/s1. The minimum absolute atomic E-state index is 0.00285. The smallest absolute Gasteiger partial charge is 0.337 e. The predicted octanol–water partition coefficient (Wildman–Crippen LogP) is 3.06. The van der Waals surface area contributed by atoms with E-state index in [-0.39, 0.29) is 12.7 Å². The van der Waals surface area contributed by atoms with Crippen LogP contribution in [0.1, 0.15) is 6.42 Å². The second kappa shape index (κ2) is 7.20. The Balaban J connectivity index is 1.66. The van der Waals surface area contributed by atoms with Crippen molar-refractivity contribution in [1.82, 2.24) is 0 Å². The van der Waals surface area contributed by atoms with Gasteiger partial charge in [0.2, 0.25) is 0 Å². The maximum Gasteiger partial charge on any atom is 0.337 e. The zero-order valence-electron chi connectivity index (χ0n) is 12.2. The molecule has 3 rings (SSSR count). The number of benzene rings is 2. The number of hydrogen-bond acceptors (Lipinski definition) is 4. The molecule has 2 aromatic carbocycles. The number of esters is 1. The highest BCUT2D eigenvalue weighted by Gasteiger charge is 2.18. The lowest BCUT2D eigenvalue weighted by molar-refractivity contribution is -0.141. The van der Waals surface area contributed by atoms with Crippen molar-refractivity contribution in [2.75, 3.05) is 19.8 Å². The van der Waals surface area contributed by atoms with E-state index in [4.69, 9.17) is 14.2 Å². The monoisotopic (exact) mass is 298 g/mol. The molecule has 0 aromatic heterocycles. The molecule has 2 aromatic rings. The Bertz CT molecular complexity index is 618. The lowest BCUT2D eigenvalue weighted by Gasteiger charge is -2.12. The molecule has 4 nitrogen and oxygen atoms in total. The van der Waals surface area contributed by atoms with E-state index < -0.39 is 5.97 Å².